The minimum absolute atomic E-state index is 0. The van der Waals surface area contributed by atoms with Crippen LogP contribution in [-0.4, -0.2) is 18.3 Å². The second kappa shape index (κ2) is 38.2. The van der Waals surface area contributed by atoms with E-state index in [-0.39, 0.29) is 27.3 Å². The fourth-order valence-electron chi connectivity index (χ4n) is 9.08. The minimum atomic E-state index is -3.69. The molecule has 0 spiro atoms. The molecule has 0 saturated heterocycles. The van der Waals surface area contributed by atoms with Crippen molar-refractivity contribution in [3.05, 3.63) is 358 Å². The zero-order valence-electron chi connectivity index (χ0n) is 60.9. The SMILES string of the molecule is Cc1ccc(OP(=[OH+])(Oc2ccc(C)cc2)Oc2ccc(C)cc2)cc1.Cc1ccc(OP(=[OH+])(Oc2ccc(C)cc2)Oc2ccc(C)cc2)cc1.Cc1ccc(OP(=[OH+])(Oc2ccc(C)cc2)Oc2ccc(C)cc2)cc1.Cc1ccc(OP(=[OH+])(Oc2ccc(C)cc2)Oc2cccc(C)c2)cc1.[Cd+2]. The largest absolute Gasteiger partial charge is 2.00 e. The molecule has 0 aliphatic carbocycles. The van der Waals surface area contributed by atoms with E-state index in [4.69, 9.17) is 54.3 Å². The van der Waals surface area contributed by atoms with Crippen LogP contribution in [-0.2, 0) is 27.3 Å². The van der Waals surface area contributed by atoms with E-state index >= 15 is 0 Å². The Balaban J connectivity index is 0.000000176. The van der Waals surface area contributed by atoms with Crippen molar-refractivity contribution < 1.29 is 99.8 Å². The molecule has 12 rings (SSSR count). The second-order valence-corrected chi connectivity index (χ2v) is 30.7. The third-order valence-electron chi connectivity index (χ3n) is 14.9. The Labute approximate surface area is 636 Å². The topological polar surface area (TPSA) is 196 Å². The average Bonchev–Trinajstić information content (AvgIpc) is 0.845. The number of hydrogen-bond acceptors (Lipinski definition) is 12. The fraction of sp³-hybridized carbons (Fsp3) is 0.143. The molecule has 0 saturated carbocycles. The van der Waals surface area contributed by atoms with Gasteiger partial charge in [0.2, 0.25) is 0 Å². The van der Waals surface area contributed by atoms with Gasteiger partial charge in [-0.3, -0.25) is 0 Å². The van der Waals surface area contributed by atoms with E-state index in [0.29, 0.717) is 69.0 Å². The second-order valence-electron chi connectivity index (χ2n) is 24.7. The quantitative estimate of drug-likeness (QED) is 0.0316. The standard InChI is InChI=1S/4C21H21O4P.Cd/c3*1-16-4-10-19(11-5-16)23-26(22,24-20-12-6-17(2)7-13-20)25-21-14-8-18(3)9-15-21;1-16-7-11-19(12-8-16)23-26(22,24-20-13-9-17(2)10-14-20)25-21-6-4-5-18(3)15-21;/h4*4-15H,1-3H3;/q;;;;+2/p+4. The maximum absolute atomic E-state index is 11.0. The van der Waals surface area contributed by atoms with Gasteiger partial charge in [0, 0.05) is 0 Å². The summed E-state index contributed by atoms with van der Waals surface area (Å²) in [5, 5.41) is 0. The van der Waals surface area contributed by atoms with Crippen LogP contribution in [0.1, 0.15) is 66.8 Å². The Morgan fingerprint density at radius 1 is 0.152 bits per heavy atom. The first kappa shape index (κ1) is 80.8. The minimum Gasteiger partial charge on any atom is -0.344 e. The Morgan fingerprint density at radius 3 is 0.381 bits per heavy atom. The summed E-state index contributed by atoms with van der Waals surface area (Å²) in [6.07, 6.45) is 0. The molecule has 0 unspecified atom stereocenters. The molecule has 4 N–H and O–H groups in total. The van der Waals surface area contributed by atoms with E-state index in [0.717, 1.165) is 66.8 Å². The summed E-state index contributed by atoms with van der Waals surface area (Å²) in [5.74, 6) is 5.74. The molecule has 0 amide bonds. The molecule has 536 valence electrons. The molecule has 21 heteroatoms. The van der Waals surface area contributed by atoms with Crippen LogP contribution in [0.4, 0.5) is 0 Å². The number of hydrogen-bond donors (Lipinski definition) is 0. The third-order valence-corrected chi connectivity index (χ3v) is 20.2. The normalized spacial score (nSPS) is 10.9. The van der Waals surface area contributed by atoms with Gasteiger partial charge in [-0.05, 0) is 234 Å². The van der Waals surface area contributed by atoms with Gasteiger partial charge in [-0.1, -0.05) is 207 Å². The molecular weight excluding hydrogens is 1500 g/mol. The molecule has 105 heavy (non-hydrogen) atoms. The predicted molar refractivity (Wildman–Crippen MR) is 417 cm³/mol. The number of benzene rings is 12. The predicted octanol–water partition coefficient (Wildman–Crippen LogP) is 24.8. The van der Waals surface area contributed by atoms with Crippen molar-refractivity contribution in [1.82, 2.24) is 0 Å². The van der Waals surface area contributed by atoms with Gasteiger partial charge in [0.15, 0.2) is 0 Å². The van der Waals surface area contributed by atoms with E-state index in [2.05, 4.69) is 0 Å². The molecule has 12 aromatic carbocycles. The van der Waals surface area contributed by atoms with Gasteiger partial charge in [-0.15, -0.1) is 0 Å². The number of rotatable bonds is 24. The Morgan fingerprint density at radius 2 is 0.267 bits per heavy atom. The van der Waals surface area contributed by atoms with E-state index in [1.807, 2.05) is 235 Å². The van der Waals surface area contributed by atoms with E-state index < -0.39 is 31.3 Å². The molecule has 0 fully saturated rings. The van der Waals surface area contributed by atoms with Crippen molar-refractivity contribution in [3.63, 3.8) is 0 Å². The zero-order valence-corrected chi connectivity index (χ0v) is 68.5. The molecule has 0 atom stereocenters. The van der Waals surface area contributed by atoms with Crippen LogP contribution >= 0.6 is 31.3 Å². The average molecular weight is 1590 g/mol. The van der Waals surface area contributed by atoms with Gasteiger partial charge in [0.25, 0.3) is 0 Å². The van der Waals surface area contributed by atoms with Crippen LogP contribution in [0.3, 0.4) is 0 Å². The summed E-state index contributed by atoms with van der Waals surface area (Å²) in [5.41, 5.74) is 13.1. The van der Waals surface area contributed by atoms with Gasteiger partial charge < -0.3 is 54.3 Å². The van der Waals surface area contributed by atoms with Crippen LogP contribution in [0.2, 0.25) is 0 Å². The first-order valence-electron chi connectivity index (χ1n) is 33.3. The summed E-state index contributed by atoms with van der Waals surface area (Å²) < 4.78 is 113. The van der Waals surface area contributed by atoms with Crippen molar-refractivity contribution in [3.8, 4) is 69.0 Å². The van der Waals surface area contributed by atoms with Crippen LogP contribution in [0.5, 0.6) is 69.0 Å². The van der Waals surface area contributed by atoms with Crippen LogP contribution in [0.25, 0.3) is 0 Å². The molecule has 0 bridgehead atoms. The smallest absolute Gasteiger partial charge is 0.344 e. The molecule has 0 aromatic heterocycles. The van der Waals surface area contributed by atoms with Crippen molar-refractivity contribution in [1.29, 1.82) is 0 Å². The molecule has 0 aliphatic heterocycles. The summed E-state index contributed by atoms with van der Waals surface area (Å²) >= 11 is 0. The maximum Gasteiger partial charge on any atom is 2.00 e. The Bertz CT molecular complexity index is 4090. The molecule has 0 radical (unpaired) electrons. The van der Waals surface area contributed by atoms with Crippen molar-refractivity contribution in [2.75, 3.05) is 0 Å². The van der Waals surface area contributed by atoms with Gasteiger partial charge in [0.1, 0.15) is 69.0 Å². The van der Waals surface area contributed by atoms with Gasteiger partial charge in [-0.25, -0.2) is 18.3 Å². The number of aryl methyl sites for hydroxylation is 12. The first-order valence-corrected chi connectivity index (χ1v) is 39.3. The Kier molecular flexibility index (Phi) is 29.4. The molecule has 16 nitrogen and oxygen atoms in total. The van der Waals surface area contributed by atoms with Gasteiger partial charge in [-0.2, -0.15) is 0 Å². The third kappa shape index (κ3) is 27.6. The molecule has 0 heterocycles. The monoisotopic (exact) mass is 1590 g/mol. The van der Waals surface area contributed by atoms with Gasteiger partial charge >= 0.3 is 58.6 Å². The van der Waals surface area contributed by atoms with E-state index in [9.17, 15) is 18.3 Å². The zero-order chi connectivity index (χ0) is 74.3. The summed E-state index contributed by atoms with van der Waals surface area (Å²) in [4.78, 5) is 0. The fourth-order valence-corrected chi connectivity index (χ4v) is 14.2. The molecule has 0 aliphatic rings. The maximum atomic E-state index is 11.0. The summed E-state index contributed by atoms with van der Waals surface area (Å²) in [6, 6.07) is 88.2. The summed E-state index contributed by atoms with van der Waals surface area (Å²) in [7, 11) is -14.7. The van der Waals surface area contributed by atoms with Crippen molar-refractivity contribution in [2.45, 2.75) is 83.1 Å². The van der Waals surface area contributed by atoms with Crippen LogP contribution in [0.15, 0.2) is 291 Å². The molecule has 12 aromatic rings. The Hall–Kier alpha value is -9.92. The van der Waals surface area contributed by atoms with Crippen LogP contribution < -0.4 is 54.3 Å². The van der Waals surface area contributed by atoms with E-state index in [1.165, 1.54) is 0 Å². The van der Waals surface area contributed by atoms with Gasteiger partial charge in [0.05, 0.1) is 0 Å². The van der Waals surface area contributed by atoms with Crippen molar-refractivity contribution >= 4 is 31.3 Å². The first-order chi connectivity index (χ1) is 49.7. The van der Waals surface area contributed by atoms with E-state index in [1.54, 1.807) is 140 Å². The molecular formula is C84H88CdO16P4+6. The van der Waals surface area contributed by atoms with Crippen molar-refractivity contribution in [2.24, 2.45) is 0 Å². The van der Waals surface area contributed by atoms with Crippen LogP contribution in [0, 0.1) is 83.1 Å². The summed E-state index contributed by atoms with van der Waals surface area (Å²) in [6.45, 7) is 23.8.